The number of amides is 1. The third kappa shape index (κ3) is 3.93. The number of aliphatic hydroxyl groups excluding tert-OH is 1. The first-order chi connectivity index (χ1) is 9.76. The standard InChI is InChI=1S/C15H28N2O3/c1-20-10-9-16-7-4-5-13(11-16)15(19)17-8-3-2-6-14(17)12-18/h13-14,18H,2-12H2,1H3/t13?,14-/m0/s1. The second kappa shape index (κ2) is 7.96. The highest BCUT2D eigenvalue weighted by Gasteiger charge is 2.33. The number of hydrogen-bond donors (Lipinski definition) is 1. The molecule has 0 aliphatic carbocycles. The second-order valence-corrected chi connectivity index (χ2v) is 6.00. The molecule has 2 heterocycles. The summed E-state index contributed by atoms with van der Waals surface area (Å²) < 4.78 is 5.12. The van der Waals surface area contributed by atoms with Gasteiger partial charge in [0, 0.05) is 26.7 Å². The fourth-order valence-corrected chi connectivity index (χ4v) is 3.40. The summed E-state index contributed by atoms with van der Waals surface area (Å²) in [6, 6.07) is 0.0469. The first-order valence-corrected chi connectivity index (χ1v) is 7.89. The van der Waals surface area contributed by atoms with Gasteiger partial charge in [-0.05, 0) is 38.6 Å². The van der Waals surface area contributed by atoms with Crippen molar-refractivity contribution in [1.29, 1.82) is 0 Å². The third-order valence-corrected chi connectivity index (χ3v) is 4.59. The summed E-state index contributed by atoms with van der Waals surface area (Å²) in [5.74, 6) is 0.360. The molecule has 2 atom stereocenters. The zero-order valence-corrected chi connectivity index (χ0v) is 12.6. The minimum absolute atomic E-state index is 0.0469. The van der Waals surface area contributed by atoms with Crippen molar-refractivity contribution in [3.05, 3.63) is 0 Å². The number of aliphatic hydroxyl groups is 1. The summed E-state index contributed by atoms with van der Waals surface area (Å²) in [5, 5.41) is 9.46. The van der Waals surface area contributed by atoms with Crippen LogP contribution in [-0.2, 0) is 9.53 Å². The highest BCUT2D eigenvalue weighted by Crippen LogP contribution is 2.24. The predicted molar refractivity (Wildman–Crippen MR) is 77.5 cm³/mol. The van der Waals surface area contributed by atoms with Crippen molar-refractivity contribution < 1.29 is 14.6 Å². The fourth-order valence-electron chi connectivity index (χ4n) is 3.40. The fraction of sp³-hybridized carbons (Fsp3) is 0.933. The Hall–Kier alpha value is -0.650. The molecule has 1 unspecified atom stereocenters. The van der Waals surface area contributed by atoms with E-state index in [-0.39, 0.29) is 24.5 Å². The van der Waals surface area contributed by atoms with E-state index in [0.29, 0.717) is 0 Å². The van der Waals surface area contributed by atoms with Crippen LogP contribution in [0, 0.1) is 5.92 Å². The van der Waals surface area contributed by atoms with Crippen LogP contribution in [0.25, 0.3) is 0 Å². The van der Waals surface area contributed by atoms with Gasteiger partial charge in [-0.1, -0.05) is 0 Å². The normalized spacial score (nSPS) is 28.6. The number of carbonyl (C=O) groups is 1. The van der Waals surface area contributed by atoms with Crippen molar-refractivity contribution in [3.63, 3.8) is 0 Å². The molecule has 0 radical (unpaired) electrons. The van der Waals surface area contributed by atoms with Crippen LogP contribution in [0.4, 0.5) is 0 Å². The Labute approximate surface area is 121 Å². The number of likely N-dealkylation sites (tertiary alicyclic amines) is 2. The summed E-state index contributed by atoms with van der Waals surface area (Å²) in [6.45, 7) is 4.46. The summed E-state index contributed by atoms with van der Waals surface area (Å²) in [7, 11) is 1.71. The number of nitrogens with zero attached hydrogens (tertiary/aromatic N) is 2. The van der Waals surface area contributed by atoms with E-state index in [2.05, 4.69) is 4.90 Å². The van der Waals surface area contributed by atoms with Gasteiger partial charge < -0.3 is 19.6 Å². The van der Waals surface area contributed by atoms with Gasteiger partial charge in [-0.25, -0.2) is 0 Å². The van der Waals surface area contributed by atoms with Gasteiger partial charge in [-0.3, -0.25) is 4.79 Å². The lowest BCUT2D eigenvalue weighted by molar-refractivity contribution is -0.142. The molecule has 2 fully saturated rings. The van der Waals surface area contributed by atoms with E-state index in [1.165, 1.54) is 0 Å². The predicted octanol–water partition coefficient (Wildman–Crippen LogP) is 0.718. The van der Waals surface area contributed by atoms with Crippen LogP contribution in [0.3, 0.4) is 0 Å². The number of hydrogen-bond acceptors (Lipinski definition) is 4. The minimum atomic E-state index is 0.0469. The molecule has 1 amide bonds. The molecule has 116 valence electrons. The third-order valence-electron chi connectivity index (χ3n) is 4.59. The van der Waals surface area contributed by atoms with Crippen LogP contribution in [-0.4, -0.2) is 73.4 Å². The van der Waals surface area contributed by atoms with Gasteiger partial charge in [0.25, 0.3) is 0 Å². The molecular formula is C15H28N2O3. The van der Waals surface area contributed by atoms with E-state index in [9.17, 15) is 9.90 Å². The van der Waals surface area contributed by atoms with Crippen molar-refractivity contribution in [2.45, 2.75) is 38.1 Å². The van der Waals surface area contributed by atoms with Gasteiger partial charge in [0.2, 0.25) is 5.91 Å². The van der Waals surface area contributed by atoms with Crippen LogP contribution >= 0.6 is 0 Å². The topological polar surface area (TPSA) is 53.0 Å². The summed E-state index contributed by atoms with van der Waals surface area (Å²) >= 11 is 0. The molecule has 2 saturated heterocycles. The molecule has 0 aromatic rings. The minimum Gasteiger partial charge on any atom is -0.394 e. The van der Waals surface area contributed by atoms with Crippen LogP contribution in [0.2, 0.25) is 0 Å². The Morgan fingerprint density at radius 3 is 2.85 bits per heavy atom. The number of methoxy groups -OCH3 is 1. The number of piperidine rings is 2. The zero-order chi connectivity index (χ0) is 14.4. The van der Waals surface area contributed by atoms with Gasteiger partial charge in [0.1, 0.15) is 0 Å². The first-order valence-electron chi connectivity index (χ1n) is 7.89. The van der Waals surface area contributed by atoms with Gasteiger partial charge in [0.15, 0.2) is 0 Å². The monoisotopic (exact) mass is 284 g/mol. The van der Waals surface area contributed by atoms with Gasteiger partial charge >= 0.3 is 0 Å². The summed E-state index contributed by atoms with van der Waals surface area (Å²) in [6.07, 6.45) is 5.21. The average molecular weight is 284 g/mol. The van der Waals surface area contributed by atoms with Crippen molar-refractivity contribution in [2.24, 2.45) is 5.92 Å². The molecule has 1 N–H and O–H groups in total. The molecular weight excluding hydrogens is 256 g/mol. The van der Waals surface area contributed by atoms with Gasteiger partial charge in [0.05, 0.1) is 25.2 Å². The molecule has 2 rings (SSSR count). The lowest BCUT2D eigenvalue weighted by Crippen LogP contribution is -2.51. The molecule has 20 heavy (non-hydrogen) atoms. The van der Waals surface area contributed by atoms with E-state index in [1.54, 1.807) is 7.11 Å². The van der Waals surface area contributed by atoms with Gasteiger partial charge in [-0.2, -0.15) is 0 Å². The van der Waals surface area contributed by atoms with Crippen molar-refractivity contribution >= 4 is 5.91 Å². The number of rotatable bonds is 5. The lowest BCUT2D eigenvalue weighted by atomic mass is 9.93. The van der Waals surface area contributed by atoms with Crippen molar-refractivity contribution in [2.75, 3.05) is 46.5 Å². The van der Waals surface area contributed by atoms with Crippen LogP contribution in [0.1, 0.15) is 32.1 Å². The largest absolute Gasteiger partial charge is 0.394 e. The molecule has 0 bridgehead atoms. The summed E-state index contributed by atoms with van der Waals surface area (Å²) in [5.41, 5.74) is 0. The smallest absolute Gasteiger partial charge is 0.227 e. The maximum absolute atomic E-state index is 12.7. The maximum Gasteiger partial charge on any atom is 0.227 e. The highest BCUT2D eigenvalue weighted by atomic mass is 16.5. The maximum atomic E-state index is 12.7. The molecule has 0 aromatic carbocycles. The Morgan fingerprint density at radius 2 is 2.10 bits per heavy atom. The van der Waals surface area contributed by atoms with E-state index < -0.39 is 0 Å². The lowest BCUT2D eigenvalue weighted by Gasteiger charge is -2.39. The van der Waals surface area contributed by atoms with E-state index in [0.717, 1.165) is 64.9 Å². The molecule has 2 aliphatic heterocycles. The Balaban J connectivity index is 1.90. The molecule has 0 aromatic heterocycles. The van der Waals surface area contributed by atoms with E-state index in [1.807, 2.05) is 4.90 Å². The van der Waals surface area contributed by atoms with Crippen LogP contribution < -0.4 is 0 Å². The van der Waals surface area contributed by atoms with Gasteiger partial charge in [-0.15, -0.1) is 0 Å². The molecule has 5 nitrogen and oxygen atoms in total. The number of ether oxygens (including phenoxy) is 1. The Morgan fingerprint density at radius 1 is 1.25 bits per heavy atom. The van der Waals surface area contributed by atoms with Crippen molar-refractivity contribution in [3.8, 4) is 0 Å². The highest BCUT2D eigenvalue weighted by molar-refractivity contribution is 5.79. The molecule has 0 spiro atoms. The van der Waals surface area contributed by atoms with Crippen LogP contribution in [0.15, 0.2) is 0 Å². The molecule has 2 aliphatic rings. The first kappa shape index (κ1) is 15.7. The Kier molecular flexibility index (Phi) is 6.26. The van der Waals surface area contributed by atoms with E-state index >= 15 is 0 Å². The van der Waals surface area contributed by atoms with Crippen molar-refractivity contribution in [1.82, 2.24) is 9.80 Å². The zero-order valence-electron chi connectivity index (χ0n) is 12.6. The average Bonchev–Trinajstić information content (AvgIpc) is 2.52. The Bertz CT molecular complexity index is 311. The summed E-state index contributed by atoms with van der Waals surface area (Å²) in [4.78, 5) is 17.0. The molecule has 0 saturated carbocycles. The number of carbonyl (C=O) groups excluding carboxylic acids is 1. The van der Waals surface area contributed by atoms with Crippen LogP contribution in [0.5, 0.6) is 0 Å². The second-order valence-electron chi connectivity index (χ2n) is 6.00. The molecule has 5 heteroatoms. The SMILES string of the molecule is COCCN1CCCC(C(=O)N2CCCC[C@H]2CO)C1. The van der Waals surface area contributed by atoms with E-state index in [4.69, 9.17) is 4.74 Å². The quantitative estimate of drug-likeness (QED) is 0.808.